The summed E-state index contributed by atoms with van der Waals surface area (Å²) in [4.78, 5) is 8.83. The highest BCUT2D eigenvalue weighted by molar-refractivity contribution is 5.41. The highest BCUT2D eigenvalue weighted by atomic mass is 16.3. The molecule has 1 rings (SSSR count). The molecule has 1 heterocycles. The van der Waals surface area contributed by atoms with Gasteiger partial charge in [-0.05, 0) is 58.6 Å². The van der Waals surface area contributed by atoms with Crippen molar-refractivity contribution >= 4 is 5.82 Å². The van der Waals surface area contributed by atoms with Gasteiger partial charge in [-0.3, -0.25) is 0 Å². The highest BCUT2D eigenvalue weighted by Crippen LogP contribution is 2.17. The first-order chi connectivity index (χ1) is 8.54. The predicted molar refractivity (Wildman–Crippen MR) is 75.9 cm³/mol. The molecule has 0 bridgehead atoms. The third-order valence-electron chi connectivity index (χ3n) is 2.99. The van der Waals surface area contributed by atoms with Gasteiger partial charge in [-0.25, -0.2) is 4.98 Å². The number of rotatable bonds is 7. The smallest absolute Gasteiger partial charge is 0.128 e. The lowest BCUT2D eigenvalue weighted by atomic mass is 10.1. The van der Waals surface area contributed by atoms with Crippen molar-refractivity contribution < 1.29 is 5.11 Å². The second kappa shape index (κ2) is 7.34. The Morgan fingerprint density at radius 3 is 2.61 bits per heavy atom. The fourth-order valence-electron chi connectivity index (χ4n) is 1.88. The maximum atomic E-state index is 9.60. The van der Waals surface area contributed by atoms with Crippen molar-refractivity contribution in [3.8, 4) is 0 Å². The van der Waals surface area contributed by atoms with E-state index in [1.54, 1.807) is 13.1 Å². The summed E-state index contributed by atoms with van der Waals surface area (Å²) in [6, 6.07) is 3.84. The molecule has 0 saturated carbocycles. The number of aromatic nitrogens is 1. The van der Waals surface area contributed by atoms with Gasteiger partial charge in [-0.2, -0.15) is 0 Å². The van der Waals surface area contributed by atoms with Crippen LogP contribution in [0.2, 0.25) is 0 Å². The maximum absolute atomic E-state index is 9.60. The molecule has 1 N–H and O–H groups in total. The van der Waals surface area contributed by atoms with Gasteiger partial charge in [0, 0.05) is 19.3 Å². The van der Waals surface area contributed by atoms with Gasteiger partial charge in [-0.15, -0.1) is 0 Å². The SMILES string of the molecule is CCN(CCCN(C)C)c1cc([C@H](C)O)ccn1. The van der Waals surface area contributed by atoms with Crippen molar-refractivity contribution in [2.45, 2.75) is 26.4 Å². The van der Waals surface area contributed by atoms with Crippen LogP contribution < -0.4 is 4.90 Å². The Bertz CT molecular complexity index is 353. The zero-order valence-electron chi connectivity index (χ0n) is 11.9. The van der Waals surface area contributed by atoms with Gasteiger partial charge < -0.3 is 14.9 Å². The Labute approximate surface area is 110 Å². The first-order valence-corrected chi connectivity index (χ1v) is 6.58. The van der Waals surface area contributed by atoms with E-state index in [0.717, 1.165) is 37.4 Å². The van der Waals surface area contributed by atoms with E-state index in [0.29, 0.717) is 0 Å². The predicted octanol–water partition coefficient (Wildman–Crippen LogP) is 1.91. The van der Waals surface area contributed by atoms with Crippen LogP contribution in [0.4, 0.5) is 5.82 Å². The minimum absolute atomic E-state index is 0.438. The molecule has 0 amide bonds. The first kappa shape index (κ1) is 14.9. The average molecular weight is 251 g/mol. The summed E-state index contributed by atoms with van der Waals surface area (Å²) in [5, 5.41) is 9.60. The number of pyridine rings is 1. The van der Waals surface area contributed by atoms with Crippen molar-refractivity contribution in [3.05, 3.63) is 23.9 Å². The molecule has 0 aliphatic heterocycles. The van der Waals surface area contributed by atoms with E-state index in [1.165, 1.54) is 0 Å². The number of aliphatic hydroxyl groups is 1. The number of hydrogen-bond acceptors (Lipinski definition) is 4. The molecule has 102 valence electrons. The molecule has 4 nitrogen and oxygen atoms in total. The van der Waals surface area contributed by atoms with Crippen LogP contribution in [0.3, 0.4) is 0 Å². The molecule has 0 radical (unpaired) electrons. The van der Waals surface area contributed by atoms with Gasteiger partial charge in [0.05, 0.1) is 6.10 Å². The summed E-state index contributed by atoms with van der Waals surface area (Å²) in [6.07, 6.45) is 2.44. The number of hydrogen-bond donors (Lipinski definition) is 1. The van der Waals surface area contributed by atoms with E-state index in [1.807, 2.05) is 12.1 Å². The molecule has 0 unspecified atom stereocenters. The van der Waals surface area contributed by atoms with Gasteiger partial charge in [-0.1, -0.05) is 0 Å². The summed E-state index contributed by atoms with van der Waals surface area (Å²) < 4.78 is 0. The highest BCUT2D eigenvalue weighted by Gasteiger charge is 2.08. The lowest BCUT2D eigenvalue weighted by Crippen LogP contribution is -2.27. The Kier molecular flexibility index (Phi) is 6.09. The summed E-state index contributed by atoms with van der Waals surface area (Å²) >= 11 is 0. The quantitative estimate of drug-likeness (QED) is 0.803. The molecule has 0 aliphatic rings. The van der Waals surface area contributed by atoms with Crippen molar-refractivity contribution in [1.82, 2.24) is 9.88 Å². The van der Waals surface area contributed by atoms with E-state index in [4.69, 9.17) is 0 Å². The van der Waals surface area contributed by atoms with Crippen LogP contribution in [0.5, 0.6) is 0 Å². The number of anilines is 1. The van der Waals surface area contributed by atoms with Gasteiger partial charge in [0.2, 0.25) is 0 Å². The van der Waals surface area contributed by atoms with Crippen molar-refractivity contribution in [2.75, 3.05) is 38.6 Å². The van der Waals surface area contributed by atoms with Crippen molar-refractivity contribution in [2.24, 2.45) is 0 Å². The van der Waals surface area contributed by atoms with Gasteiger partial charge >= 0.3 is 0 Å². The topological polar surface area (TPSA) is 39.6 Å². The molecule has 1 aromatic rings. The molecule has 0 aliphatic carbocycles. The average Bonchev–Trinajstić information content (AvgIpc) is 2.34. The summed E-state index contributed by atoms with van der Waals surface area (Å²) in [7, 11) is 4.17. The zero-order valence-corrected chi connectivity index (χ0v) is 11.9. The lowest BCUT2D eigenvalue weighted by Gasteiger charge is -2.23. The normalized spacial score (nSPS) is 12.8. The zero-order chi connectivity index (χ0) is 13.5. The Morgan fingerprint density at radius 2 is 2.06 bits per heavy atom. The standard InChI is InChI=1S/C14H25N3O/c1-5-17(10-6-9-16(3)4)14-11-13(12(2)18)7-8-15-14/h7-8,11-12,18H,5-6,9-10H2,1-4H3/t12-/m0/s1. The second-order valence-electron chi connectivity index (χ2n) is 4.86. The minimum atomic E-state index is -0.438. The van der Waals surface area contributed by atoms with Crippen LogP contribution in [0.15, 0.2) is 18.3 Å². The van der Waals surface area contributed by atoms with Crippen LogP contribution in [-0.2, 0) is 0 Å². The molecular weight excluding hydrogens is 226 g/mol. The van der Waals surface area contributed by atoms with E-state index >= 15 is 0 Å². The molecule has 1 aromatic heterocycles. The summed E-state index contributed by atoms with van der Waals surface area (Å²) in [6.45, 7) is 6.91. The van der Waals surface area contributed by atoms with Crippen LogP contribution in [0, 0.1) is 0 Å². The first-order valence-electron chi connectivity index (χ1n) is 6.58. The number of nitrogens with zero attached hydrogens (tertiary/aromatic N) is 3. The van der Waals surface area contributed by atoms with Crippen LogP contribution >= 0.6 is 0 Å². The molecule has 0 fully saturated rings. The van der Waals surface area contributed by atoms with E-state index in [-0.39, 0.29) is 0 Å². The van der Waals surface area contributed by atoms with Gasteiger partial charge in [0.25, 0.3) is 0 Å². The van der Waals surface area contributed by atoms with Crippen LogP contribution in [-0.4, -0.2) is 48.7 Å². The summed E-state index contributed by atoms with van der Waals surface area (Å²) in [5.74, 6) is 0.953. The Balaban J connectivity index is 2.66. The van der Waals surface area contributed by atoms with Gasteiger partial charge in [0.1, 0.15) is 5.82 Å². The largest absolute Gasteiger partial charge is 0.389 e. The lowest BCUT2D eigenvalue weighted by molar-refractivity contribution is 0.199. The van der Waals surface area contributed by atoms with Crippen LogP contribution in [0.25, 0.3) is 0 Å². The molecule has 0 aromatic carbocycles. The molecule has 0 saturated heterocycles. The monoisotopic (exact) mass is 251 g/mol. The fourth-order valence-corrected chi connectivity index (χ4v) is 1.88. The Morgan fingerprint density at radius 1 is 1.33 bits per heavy atom. The third-order valence-corrected chi connectivity index (χ3v) is 2.99. The van der Waals surface area contributed by atoms with E-state index in [2.05, 4.69) is 35.8 Å². The van der Waals surface area contributed by atoms with Crippen molar-refractivity contribution in [1.29, 1.82) is 0 Å². The molecule has 4 heteroatoms. The summed E-state index contributed by atoms with van der Waals surface area (Å²) in [5.41, 5.74) is 0.922. The maximum Gasteiger partial charge on any atom is 0.128 e. The third kappa shape index (κ3) is 4.63. The number of aliphatic hydroxyl groups excluding tert-OH is 1. The molecule has 0 spiro atoms. The molecule has 18 heavy (non-hydrogen) atoms. The molecular formula is C14H25N3O. The minimum Gasteiger partial charge on any atom is -0.389 e. The van der Waals surface area contributed by atoms with Crippen LogP contribution in [0.1, 0.15) is 31.9 Å². The van der Waals surface area contributed by atoms with E-state index < -0.39 is 6.10 Å². The second-order valence-corrected chi connectivity index (χ2v) is 4.86. The van der Waals surface area contributed by atoms with Crippen molar-refractivity contribution in [3.63, 3.8) is 0 Å². The van der Waals surface area contributed by atoms with E-state index in [9.17, 15) is 5.11 Å². The fraction of sp³-hybridized carbons (Fsp3) is 0.643. The molecule has 1 atom stereocenters. The van der Waals surface area contributed by atoms with Gasteiger partial charge in [0.15, 0.2) is 0 Å². The Hall–Kier alpha value is -1.13.